The molecule has 2 heterocycles. The van der Waals surface area contributed by atoms with Crippen LogP contribution in [0.15, 0.2) is 47.8 Å². The van der Waals surface area contributed by atoms with Crippen molar-refractivity contribution in [2.24, 2.45) is 0 Å². The molecule has 4 rings (SSSR count). The fourth-order valence-electron chi connectivity index (χ4n) is 4.26. The van der Waals surface area contributed by atoms with Crippen molar-refractivity contribution < 1.29 is 9.31 Å². The molecule has 2 N–H and O–H groups in total. The Morgan fingerprint density at radius 1 is 0.900 bits per heavy atom. The van der Waals surface area contributed by atoms with Gasteiger partial charge in [0.05, 0.1) is 11.2 Å². The fourth-order valence-corrected chi connectivity index (χ4v) is 4.26. The predicted octanol–water partition coefficient (Wildman–Crippen LogP) is 6.23. The molecule has 6 heteroatoms. The summed E-state index contributed by atoms with van der Waals surface area (Å²) in [6.45, 7) is 10.6. The Morgan fingerprint density at radius 2 is 1.50 bits per heavy atom. The van der Waals surface area contributed by atoms with Crippen LogP contribution in [-0.4, -0.2) is 25.3 Å². The number of rotatable bonds is 7. The van der Waals surface area contributed by atoms with Crippen LogP contribution in [0.3, 0.4) is 0 Å². The van der Waals surface area contributed by atoms with Gasteiger partial charge in [0.2, 0.25) is 0 Å². The summed E-state index contributed by atoms with van der Waals surface area (Å²) in [5.74, 6) is 0. The molecule has 2 aliphatic rings. The molecule has 2 aliphatic heterocycles. The minimum absolute atomic E-state index is 0.0635. The predicted molar refractivity (Wildman–Crippen MR) is 130 cm³/mol. The number of anilines is 2. The molecule has 1 saturated heterocycles. The molecule has 4 nitrogen and oxygen atoms in total. The Balaban J connectivity index is 1.62. The van der Waals surface area contributed by atoms with E-state index in [2.05, 4.69) is 87.5 Å². The lowest BCUT2D eigenvalue weighted by molar-refractivity contribution is 0.00578. The van der Waals surface area contributed by atoms with Gasteiger partial charge in [-0.3, -0.25) is 0 Å². The van der Waals surface area contributed by atoms with Gasteiger partial charge in [-0.2, -0.15) is 0 Å². The van der Waals surface area contributed by atoms with Gasteiger partial charge in [-0.25, -0.2) is 0 Å². The van der Waals surface area contributed by atoms with Crippen LogP contribution in [0.25, 0.3) is 10.8 Å². The van der Waals surface area contributed by atoms with Crippen LogP contribution < -0.4 is 10.5 Å². The molecule has 2 aromatic rings. The highest BCUT2D eigenvalue weighted by atomic mass is 16.7. The number of benzene rings is 2. The highest BCUT2D eigenvalue weighted by Gasteiger charge is 2.54. The van der Waals surface area contributed by atoms with Crippen LogP contribution >= 0.6 is 0 Å². The van der Waals surface area contributed by atoms with Crippen molar-refractivity contribution in [2.75, 3.05) is 10.5 Å². The van der Waals surface area contributed by atoms with Crippen molar-refractivity contribution in [3.8, 4) is 0 Å². The second kappa shape index (κ2) is 8.32. The van der Waals surface area contributed by atoms with E-state index in [0.29, 0.717) is 0 Å². The standard InChI is InChI=1S/C24H34B2N2O2/c1-6-7-8-9-10-17-21(26-29-23(2,3)24(4,5)30-26)25-27-19-15-11-13-18-14-12-16-20(28-25)22(18)19/h11-17,27-28H,6-10H2,1-5H3/b21-17-. The van der Waals surface area contributed by atoms with Crippen LogP contribution in [0.5, 0.6) is 0 Å². The first-order chi connectivity index (χ1) is 14.3. The highest BCUT2D eigenvalue weighted by Crippen LogP contribution is 2.41. The molecule has 0 atom stereocenters. The summed E-state index contributed by atoms with van der Waals surface area (Å²) in [5.41, 5.74) is 1.59. The quantitative estimate of drug-likeness (QED) is 0.424. The van der Waals surface area contributed by atoms with E-state index < -0.39 is 0 Å². The molecular formula is C24H34B2N2O2. The van der Waals surface area contributed by atoms with Crippen LogP contribution in [0.2, 0.25) is 0 Å². The summed E-state index contributed by atoms with van der Waals surface area (Å²) < 4.78 is 12.9. The second-order valence-electron chi connectivity index (χ2n) is 9.57. The van der Waals surface area contributed by atoms with Gasteiger partial charge in [0.1, 0.15) is 0 Å². The summed E-state index contributed by atoms with van der Waals surface area (Å²) >= 11 is 0. The summed E-state index contributed by atoms with van der Waals surface area (Å²) in [5, 5.41) is 11.0. The molecule has 0 unspecified atom stereocenters. The van der Waals surface area contributed by atoms with Gasteiger partial charge >= 0.3 is 14.1 Å². The van der Waals surface area contributed by atoms with Gasteiger partial charge in [-0.1, -0.05) is 56.5 Å². The molecule has 1 fully saturated rings. The van der Waals surface area contributed by atoms with E-state index in [0.717, 1.165) is 23.2 Å². The van der Waals surface area contributed by atoms with Crippen molar-refractivity contribution in [1.29, 1.82) is 0 Å². The van der Waals surface area contributed by atoms with E-state index >= 15 is 0 Å². The van der Waals surface area contributed by atoms with E-state index in [1.165, 1.54) is 36.5 Å². The Labute approximate surface area is 182 Å². The largest absolute Gasteiger partial charge is 0.485 e. The average molecular weight is 404 g/mol. The van der Waals surface area contributed by atoms with Crippen molar-refractivity contribution in [3.05, 3.63) is 47.8 Å². The third kappa shape index (κ3) is 4.00. The summed E-state index contributed by atoms with van der Waals surface area (Å²) in [7, 11) is -0.365. The maximum absolute atomic E-state index is 6.45. The van der Waals surface area contributed by atoms with Crippen LogP contribution in [0, 0.1) is 0 Å². The van der Waals surface area contributed by atoms with Gasteiger partial charge in [0, 0.05) is 16.8 Å². The molecule has 2 aromatic carbocycles. The van der Waals surface area contributed by atoms with E-state index in [9.17, 15) is 0 Å². The van der Waals surface area contributed by atoms with Gasteiger partial charge in [0.25, 0.3) is 0 Å². The lowest BCUT2D eigenvalue weighted by Gasteiger charge is -2.32. The first kappa shape index (κ1) is 21.3. The highest BCUT2D eigenvalue weighted by molar-refractivity contribution is 6.88. The molecular weight excluding hydrogens is 370 g/mol. The third-order valence-corrected chi connectivity index (χ3v) is 6.80. The third-order valence-electron chi connectivity index (χ3n) is 6.80. The lowest BCUT2D eigenvalue weighted by atomic mass is 9.50. The average Bonchev–Trinajstić information content (AvgIpc) is 2.92. The molecule has 30 heavy (non-hydrogen) atoms. The monoisotopic (exact) mass is 404 g/mol. The maximum atomic E-state index is 6.45. The summed E-state index contributed by atoms with van der Waals surface area (Å²) in [6.07, 6.45) is 8.35. The van der Waals surface area contributed by atoms with E-state index in [-0.39, 0.29) is 25.3 Å². The van der Waals surface area contributed by atoms with Crippen LogP contribution in [0.4, 0.5) is 11.4 Å². The van der Waals surface area contributed by atoms with Crippen molar-refractivity contribution >= 4 is 36.2 Å². The number of allylic oxidation sites excluding steroid dienone is 1. The molecule has 0 bridgehead atoms. The van der Waals surface area contributed by atoms with Gasteiger partial charge < -0.3 is 19.8 Å². The molecule has 0 saturated carbocycles. The maximum Gasteiger partial charge on any atom is 0.485 e. The number of unbranched alkanes of at least 4 members (excludes halogenated alkanes) is 4. The zero-order chi connectivity index (χ0) is 21.4. The minimum Gasteiger partial charge on any atom is -0.406 e. The fraction of sp³-hybridized carbons (Fsp3) is 0.500. The summed E-state index contributed by atoms with van der Waals surface area (Å²) in [4.78, 5) is 0. The Morgan fingerprint density at radius 3 is 2.07 bits per heavy atom. The number of hydrogen-bond donors (Lipinski definition) is 2. The SMILES string of the molecule is CCCCCC/C=C(/B1Nc2cccc3cccc(c23)N1)B1OC(C)(C)C(C)(C)O1. The molecule has 0 aromatic heterocycles. The first-order valence-electron chi connectivity index (χ1n) is 11.4. The molecule has 0 radical (unpaired) electrons. The normalized spacial score (nSPS) is 19.7. The van der Waals surface area contributed by atoms with Crippen LogP contribution in [0.1, 0.15) is 66.7 Å². The topological polar surface area (TPSA) is 42.5 Å². The Bertz CT molecular complexity index is 885. The van der Waals surface area contributed by atoms with Gasteiger partial charge in [-0.15, -0.1) is 0 Å². The lowest BCUT2D eigenvalue weighted by Crippen LogP contribution is -2.45. The van der Waals surface area contributed by atoms with E-state index in [1.807, 2.05) is 0 Å². The van der Waals surface area contributed by atoms with Crippen molar-refractivity contribution in [3.63, 3.8) is 0 Å². The molecule has 158 valence electrons. The molecule has 0 aliphatic carbocycles. The molecule has 0 amide bonds. The van der Waals surface area contributed by atoms with Crippen LogP contribution in [-0.2, 0) is 9.31 Å². The zero-order valence-corrected chi connectivity index (χ0v) is 19.0. The Hall–Kier alpha value is -1.91. The van der Waals surface area contributed by atoms with E-state index in [4.69, 9.17) is 9.31 Å². The zero-order valence-electron chi connectivity index (χ0n) is 19.0. The van der Waals surface area contributed by atoms with E-state index in [1.54, 1.807) is 0 Å². The second-order valence-corrected chi connectivity index (χ2v) is 9.57. The molecule has 0 spiro atoms. The summed E-state index contributed by atoms with van der Waals surface area (Å²) in [6, 6.07) is 12.8. The van der Waals surface area contributed by atoms with Gasteiger partial charge in [0.15, 0.2) is 0 Å². The smallest absolute Gasteiger partial charge is 0.406 e. The number of hydrogen-bond acceptors (Lipinski definition) is 4. The first-order valence-corrected chi connectivity index (χ1v) is 11.4. The van der Waals surface area contributed by atoms with Crippen molar-refractivity contribution in [2.45, 2.75) is 77.9 Å². The van der Waals surface area contributed by atoms with Crippen molar-refractivity contribution in [1.82, 2.24) is 0 Å². The number of nitrogens with one attached hydrogen (secondary N) is 2. The van der Waals surface area contributed by atoms with Gasteiger partial charge in [-0.05, 0) is 63.4 Å². The minimum atomic E-state index is -0.365. The Kier molecular flexibility index (Phi) is 5.91.